The van der Waals surface area contributed by atoms with Gasteiger partial charge in [-0.3, -0.25) is 0 Å². The van der Waals surface area contributed by atoms with E-state index in [2.05, 4.69) is 15.3 Å². The molecule has 0 aliphatic heterocycles. The number of hydrogen-bond acceptors (Lipinski definition) is 4. The maximum atomic E-state index is 5.45. The van der Waals surface area contributed by atoms with Gasteiger partial charge in [-0.05, 0) is 6.92 Å². The third-order valence-corrected chi connectivity index (χ3v) is 1.71. The van der Waals surface area contributed by atoms with Gasteiger partial charge in [0, 0.05) is 24.5 Å². The topological polar surface area (TPSA) is 69.1 Å². The van der Waals surface area contributed by atoms with Crippen molar-refractivity contribution in [1.29, 1.82) is 0 Å². The summed E-state index contributed by atoms with van der Waals surface area (Å²) in [6.07, 6.45) is 3.58. The Morgan fingerprint density at radius 3 is 3.17 bits per heavy atom. The minimum absolute atomic E-state index is 0.474. The maximum Gasteiger partial charge on any atom is 0.178 e. The van der Waals surface area contributed by atoms with Crippen LogP contribution in [0.4, 0.5) is 0 Å². The van der Waals surface area contributed by atoms with E-state index in [1.54, 1.807) is 10.7 Å². The molecule has 5 nitrogen and oxygen atoms in total. The minimum atomic E-state index is 0.474. The molecule has 0 bridgehead atoms. The predicted molar refractivity (Wildman–Crippen MR) is 43.4 cm³/mol. The van der Waals surface area contributed by atoms with Gasteiger partial charge in [0.05, 0.1) is 0 Å². The van der Waals surface area contributed by atoms with E-state index in [1.807, 2.05) is 13.1 Å². The Morgan fingerprint density at radius 1 is 1.58 bits per heavy atom. The average Bonchev–Trinajstić information content (AvgIpc) is 2.47. The number of fused-ring (bicyclic) bond motifs is 1. The van der Waals surface area contributed by atoms with Crippen LogP contribution in [0, 0.1) is 6.92 Å². The van der Waals surface area contributed by atoms with Gasteiger partial charge >= 0.3 is 0 Å². The van der Waals surface area contributed by atoms with Gasteiger partial charge in [0.2, 0.25) is 0 Å². The number of aryl methyl sites for hydroxylation is 1. The molecule has 62 valence electrons. The lowest BCUT2D eigenvalue weighted by Crippen LogP contribution is -2.00. The van der Waals surface area contributed by atoms with E-state index in [1.165, 1.54) is 0 Å². The number of hydrogen-bond donors (Lipinski definition) is 1. The maximum absolute atomic E-state index is 5.45. The number of rotatable bonds is 1. The van der Waals surface area contributed by atoms with Crippen LogP contribution < -0.4 is 5.73 Å². The summed E-state index contributed by atoms with van der Waals surface area (Å²) in [5.74, 6) is 0. The summed E-state index contributed by atoms with van der Waals surface area (Å²) in [6.45, 7) is 2.35. The van der Waals surface area contributed by atoms with Gasteiger partial charge in [-0.15, -0.1) is 5.10 Å². The summed E-state index contributed by atoms with van der Waals surface area (Å²) in [5, 5.41) is 7.76. The van der Waals surface area contributed by atoms with Crippen molar-refractivity contribution in [2.24, 2.45) is 5.73 Å². The van der Waals surface area contributed by atoms with E-state index >= 15 is 0 Å². The van der Waals surface area contributed by atoms with Crippen LogP contribution in [0.15, 0.2) is 12.4 Å². The van der Waals surface area contributed by atoms with E-state index in [4.69, 9.17) is 5.73 Å². The van der Waals surface area contributed by atoms with E-state index in [9.17, 15) is 0 Å². The Bertz CT molecular complexity index is 405. The van der Waals surface area contributed by atoms with Crippen LogP contribution in [-0.2, 0) is 6.54 Å². The van der Waals surface area contributed by atoms with Crippen molar-refractivity contribution in [3.8, 4) is 0 Å². The highest BCUT2D eigenvalue weighted by atomic mass is 15.4. The number of nitrogens with two attached hydrogens (primary N) is 1. The van der Waals surface area contributed by atoms with E-state index in [0.29, 0.717) is 6.54 Å². The van der Waals surface area contributed by atoms with Gasteiger partial charge in [0.25, 0.3) is 0 Å². The molecule has 0 amide bonds. The highest BCUT2D eigenvalue weighted by molar-refractivity contribution is 5.41. The smallest absolute Gasteiger partial charge is 0.178 e. The van der Waals surface area contributed by atoms with Crippen LogP contribution in [0.1, 0.15) is 11.3 Å². The van der Waals surface area contributed by atoms with E-state index in [-0.39, 0.29) is 0 Å². The van der Waals surface area contributed by atoms with Crippen LogP contribution in [0.5, 0.6) is 0 Å². The third kappa shape index (κ3) is 0.947. The van der Waals surface area contributed by atoms with E-state index in [0.717, 1.165) is 16.9 Å². The van der Waals surface area contributed by atoms with Crippen molar-refractivity contribution >= 4 is 5.65 Å². The normalized spacial score (nSPS) is 10.8. The first-order valence-electron chi connectivity index (χ1n) is 3.68. The highest BCUT2D eigenvalue weighted by Gasteiger charge is 2.01. The molecule has 2 rings (SSSR count). The Kier molecular flexibility index (Phi) is 1.51. The first kappa shape index (κ1) is 7.17. The van der Waals surface area contributed by atoms with Gasteiger partial charge in [0.1, 0.15) is 5.69 Å². The van der Waals surface area contributed by atoms with Crippen molar-refractivity contribution in [3.05, 3.63) is 23.7 Å². The van der Waals surface area contributed by atoms with Crippen molar-refractivity contribution in [2.45, 2.75) is 13.5 Å². The largest absolute Gasteiger partial charge is 0.326 e. The molecule has 12 heavy (non-hydrogen) atoms. The minimum Gasteiger partial charge on any atom is -0.326 e. The van der Waals surface area contributed by atoms with Crippen LogP contribution in [0.3, 0.4) is 0 Å². The molecule has 2 aromatic heterocycles. The van der Waals surface area contributed by atoms with Crippen LogP contribution in [0.2, 0.25) is 0 Å². The molecule has 2 N–H and O–H groups in total. The van der Waals surface area contributed by atoms with Crippen LogP contribution in [-0.4, -0.2) is 19.8 Å². The fourth-order valence-corrected chi connectivity index (χ4v) is 1.05. The van der Waals surface area contributed by atoms with Crippen LogP contribution in [0.25, 0.3) is 5.65 Å². The van der Waals surface area contributed by atoms with Crippen molar-refractivity contribution in [1.82, 2.24) is 19.8 Å². The molecule has 0 atom stereocenters. The predicted octanol–water partition coefficient (Wildman–Crippen LogP) is -0.109. The molecule has 0 aliphatic carbocycles. The summed E-state index contributed by atoms with van der Waals surface area (Å²) >= 11 is 0. The Hall–Kier alpha value is -1.49. The zero-order chi connectivity index (χ0) is 8.55. The standard InChI is InChI=1S/C7H9N5/c1-5-7-9-3-6(2-8)4-12(7)11-10-5/h3-4H,2,8H2,1H3. The third-order valence-electron chi connectivity index (χ3n) is 1.71. The van der Waals surface area contributed by atoms with Crippen molar-refractivity contribution in [2.75, 3.05) is 0 Å². The summed E-state index contributed by atoms with van der Waals surface area (Å²) in [6, 6.07) is 0. The fourth-order valence-electron chi connectivity index (χ4n) is 1.05. The SMILES string of the molecule is Cc1nnn2cc(CN)cnc12. The van der Waals surface area contributed by atoms with Crippen molar-refractivity contribution in [3.63, 3.8) is 0 Å². The molecule has 0 radical (unpaired) electrons. The lowest BCUT2D eigenvalue weighted by Gasteiger charge is -1.95. The molecule has 0 saturated carbocycles. The quantitative estimate of drug-likeness (QED) is 0.637. The van der Waals surface area contributed by atoms with E-state index < -0.39 is 0 Å². The summed E-state index contributed by atoms with van der Waals surface area (Å²) in [4.78, 5) is 4.17. The second kappa shape index (κ2) is 2.53. The molecule has 0 aliphatic rings. The Balaban J connectivity index is 2.69. The number of aromatic nitrogens is 4. The molecule has 2 heterocycles. The molecule has 0 fully saturated rings. The first-order chi connectivity index (χ1) is 5.81. The molecular weight excluding hydrogens is 154 g/mol. The lowest BCUT2D eigenvalue weighted by molar-refractivity contribution is 0.828. The van der Waals surface area contributed by atoms with Crippen molar-refractivity contribution < 1.29 is 0 Å². The van der Waals surface area contributed by atoms with Crippen LogP contribution >= 0.6 is 0 Å². The van der Waals surface area contributed by atoms with Gasteiger partial charge in [0.15, 0.2) is 5.65 Å². The first-order valence-corrected chi connectivity index (χ1v) is 3.68. The van der Waals surface area contributed by atoms with Gasteiger partial charge in [-0.25, -0.2) is 9.50 Å². The molecular formula is C7H9N5. The second-order valence-corrected chi connectivity index (χ2v) is 2.61. The molecule has 2 aromatic rings. The fraction of sp³-hybridized carbons (Fsp3) is 0.286. The van der Waals surface area contributed by atoms with Gasteiger partial charge in [-0.2, -0.15) is 0 Å². The molecule has 0 unspecified atom stereocenters. The average molecular weight is 163 g/mol. The lowest BCUT2D eigenvalue weighted by atomic mass is 10.3. The monoisotopic (exact) mass is 163 g/mol. The number of nitrogens with zero attached hydrogens (tertiary/aromatic N) is 4. The second-order valence-electron chi connectivity index (χ2n) is 2.61. The summed E-state index contributed by atoms with van der Waals surface area (Å²) in [5.41, 5.74) is 8.01. The summed E-state index contributed by atoms with van der Waals surface area (Å²) in [7, 11) is 0. The zero-order valence-corrected chi connectivity index (χ0v) is 6.73. The summed E-state index contributed by atoms with van der Waals surface area (Å²) < 4.78 is 1.64. The molecule has 0 spiro atoms. The zero-order valence-electron chi connectivity index (χ0n) is 6.73. The van der Waals surface area contributed by atoms with Gasteiger partial charge in [-0.1, -0.05) is 5.21 Å². The Labute approximate surface area is 69.2 Å². The van der Waals surface area contributed by atoms with Gasteiger partial charge < -0.3 is 5.73 Å². The molecule has 0 aromatic carbocycles. The Morgan fingerprint density at radius 2 is 2.42 bits per heavy atom. The molecule has 5 heteroatoms. The molecule has 0 saturated heterocycles. The highest BCUT2D eigenvalue weighted by Crippen LogP contribution is 2.03.